The standard InChI is InChI=1S/C13H14N4O/c1-9-4-3-5-17-8-11(16-13(9)17)6-12(18)15-10(2)7-14/h3-5,8,10H,6H2,1-2H3,(H,15,18)/t10-/m0/s1. The van der Waals surface area contributed by atoms with Gasteiger partial charge in [-0.15, -0.1) is 0 Å². The Hall–Kier alpha value is -2.35. The van der Waals surface area contributed by atoms with Crippen molar-refractivity contribution in [1.29, 1.82) is 5.26 Å². The fraction of sp³-hybridized carbons (Fsp3) is 0.308. The van der Waals surface area contributed by atoms with E-state index in [-0.39, 0.29) is 12.3 Å². The van der Waals surface area contributed by atoms with Gasteiger partial charge in [0.1, 0.15) is 11.7 Å². The first-order valence-corrected chi connectivity index (χ1v) is 5.72. The lowest BCUT2D eigenvalue weighted by Gasteiger charge is -2.03. The van der Waals surface area contributed by atoms with Crippen LogP contribution in [0.1, 0.15) is 18.2 Å². The predicted molar refractivity (Wildman–Crippen MR) is 66.9 cm³/mol. The fourth-order valence-corrected chi connectivity index (χ4v) is 1.78. The number of carbonyl (C=O) groups excluding carboxylic acids is 1. The molecule has 1 atom stereocenters. The minimum atomic E-state index is -0.476. The molecule has 0 saturated carbocycles. The van der Waals surface area contributed by atoms with Crippen molar-refractivity contribution >= 4 is 11.6 Å². The molecule has 2 aromatic heterocycles. The molecule has 0 spiro atoms. The van der Waals surface area contributed by atoms with E-state index in [2.05, 4.69) is 10.3 Å². The number of aromatic nitrogens is 2. The van der Waals surface area contributed by atoms with Gasteiger partial charge in [-0.05, 0) is 25.5 Å². The van der Waals surface area contributed by atoms with Gasteiger partial charge < -0.3 is 9.72 Å². The molecule has 0 bridgehead atoms. The van der Waals surface area contributed by atoms with Gasteiger partial charge in [0.25, 0.3) is 0 Å². The number of aryl methyl sites for hydroxylation is 1. The number of imidazole rings is 1. The number of pyridine rings is 1. The van der Waals surface area contributed by atoms with Crippen LogP contribution in [0.25, 0.3) is 5.65 Å². The van der Waals surface area contributed by atoms with Gasteiger partial charge in [-0.1, -0.05) is 6.07 Å². The first-order chi connectivity index (χ1) is 8.60. The maximum absolute atomic E-state index is 11.6. The smallest absolute Gasteiger partial charge is 0.227 e. The number of nitrogens with one attached hydrogen (secondary N) is 1. The molecule has 0 aliphatic carbocycles. The first kappa shape index (κ1) is 12.1. The number of rotatable bonds is 3. The molecule has 0 aliphatic rings. The van der Waals surface area contributed by atoms with Crippen LogP contribution in [0.4, 0.5) is 0 Å². The molecule has 5 heteroatoms. The Kier molecular flexibility index (Phi) is 3.28. The highest BCUT2D eigenvalue weighted by Crippen LogP contribution is 2.10. The summed E-state index contributed by atoms with van der Waals surface area (Å²) in [7, 11) is 0. The zero-order valence-corrected chi connectivity index (χ0v) is 10.3. The third kappa shape index (κ3) is 2.48. The predicted octanol–water partition coefficient (Wildman–Crippen LogP) is 1.21. The highest BCUT2D eigenvalue weighted by Gasteiger charge is 2.10. The van der Waals surface area contributed by atoms with Crippen LogP contribution >= 0.6 is 0 Å². The number of hydrogen-bond donors (Lipinski definition) is 1. The van der Waals surface area contributed by atoms with E-state index in [1.807, 2.05) is 41.9 Å². The monoisotopic (exact) mass is 242 g/mol. The second-order valence-electron chi connectivity index (χ2n) is 4.25. The number of carbonyl (C=O) groups is 1. The number of fused-ring (bicyclic) bond motifs is 1. The van der Waals surface area contributed by atoms with Crippen LogP contribution in [0.3, 0.4) is 0 Å². The van der Waals surface area contributed by atoms with E-state index in [9.17, 15) is 4.79 Å². The zero-order valence-electron chi connectivity index (χ0n) is 10.3. The summed E-state index contributed by atoms with van der Waals surface area (Å²) < 4.78 is 1.89. The Labute approximate surface area is 105 Å². The van der Waals surface area contributed by atoms with Gasteiger partial charge in [0.2, 0.25) is 5.91 Å². The topological polar surface area (TPSA) is 70.2 Å². The van der Waals surface area contributed by atoms with Crippen molar-refractivity contribution in [3.8, 4) is 6.07 Å². The molecule has 0 unspecified atom stereocenters. The number of nitrogens with zero attached hydrogens (tertiary/aromatic N) is 3. The third-order valence-corrected chi connectivity index (χ3v) is 2.64. The van der Waals surface area contributed by atoms with Crippen LogP contribution < -0.4 is 5.32 Å². The van der Waals surface area contributed by atoms with Gasteiger partial charge >= 0.3 is 0 Å². The lowest BCUT2D eigenvalue weighted by atomic mass is 10.3. The lowest BCUT2D eigenvalue weighted by molar-refractivity contribution is -0.120. The Balaban J connectivity index is 2.16. The molecule has 18 heavy (non-hydrogen) atoms. The van der Waals surface area contributed by atoms with Crippen LogP contribution in [0, 0.1) is 18.3 Å². The van der Waals surface area contributed by atoms with E-state index < -0.39 is 6.04 Å². The van der Waals surface area contributed by atoms with E-state index in [1.54, 1.807) is 6.92 Å². The average molecular weight is 242 g/mol. The van der Waals surface area contributed by atoms with E-state index >= 15 is 0 Å². The van der Waals surface area contributed by atoms with Gasteiger partial charge in [0, 0.05) is 12.4 Å². The molecule has 0 aliphatic heterocycles. The van der Waals surface area contributed by atoms with Gasteiger partial charge in [0.05, 0.1) is 18.2 Å². The van der Waals surface area contributed by atoms with Crippen molar-refractivity contribution in [3.63, 3.8) is 0 Å². The molecule has 0 fully saturated rings. The summed E-state index contributed by atoms with van der Waals surface area (Å²) in [5.41, 5.74) is 2.62. The van der Waals surface area contributed by atoms with E-state index in [0.29, 0.717) is 5.69 Å². The van der Waals surface area contributed by atoms with Crippen LogP contribution in [-0.4, -0.2) is 21.3 Å². The van der Waals surface area contributed by atoms with Crippen molar-refractivity contribution < 1.29 is 4.79 Å². The molecule has 92 valence electrons. The molecule has 0 radical (unpaired) electrons. The summed E-state index contributed by atoms with van der Waals surface area (Å²) in [5, 5.41) is 11.2. The van der Waals surface area contributed by atoms with E-state index in [0.717, 1.165) is 11.2 Å². The first-order valence-electron chi connectivity index (χ1n) is 5.72. The minimum absolute atomic E-state index is 0.188. The highest BCUT2D eigenvalue weighted by molar-refractivity contribution is 5.78. The third-order valence-electron chi connectivity index (χ3n) is 2.64. The zero-order chi connectivity index (χ0) is 13.1. The van der Waals surface area contributed by atoms with Crippen molar-refractivity contribution in [2.45, 2.75) is 26.3 Å². The maximum Gasteiger partial charge on any atom is 0.227 e. The Morgan fingerprint density at radius 2 is 2.44 bits per heavy atom. The molecule has 2 rings (SSSR count). The Morgan fingerprint density at radius 1 is 1.67 bits per heavy atom. The maximum atomic E-state index is 11.6. The molecule has 2 aromatic rings. The largest absolute Gasteiger partial charge is 0.340 e. The summed E-state index contributed by atoms with van der Waals surface area (Å²) in [5.74, 6) is -0.190. The van der Waals surface area contributed by atoms with Gasteiger partial charge in [0.15, 0.2) is 0 Å². The Bertz CT molecular complexity index is 623. The second kappa shape index (κ2) is 4.88. The van der Waals surface area contributed by atoms with Crippen LogP contribution in [0.5, 0.6) is 0 Å². The molecule has 5 nitrogen and oxygen atoms in total. The summed E-state index contributed by atoms with van der Waals surface area (Å²) >= 11 is 0. The van der Waals surface area contributed by atoms with Crippen molar-refractivity contribution in [1.82, 2.24) is 14.7 Å². The van der Waals surface area contributed by atoms with Gasteiger partial charge in [-0.25, -0.2) is 4.98 Å². The van der Waals surface area contributed by atoms with Crippen molar-refractivity contribution in [2.24, 2.45) is 0 Å². The molecule has 1 amide bonds. The Morgan fingerprint density at radius 3 is 3.11 bits per heavy atom. The van der Waals surface area contributed by atoms with Crippen molar-refractivity contribution in [2.75, 3.05) is 0 Å². The molecular formula is C13H14N4O. The summed E-state index contributed by atoms with van der Waals surface area (Å²) in [6.45, 7) is 3.62. The van der Waals surface area contributed by atoms with Crippen LogP contribution in [0.2, 0.25) is 0 Å². The normalized spacial score (nSPS) is 12.1. The van der Waals surface area contributed by atoms with Gasteiger partial charge in [-0.3, -0.25) is 4.79 Å². The van der Waals surface area contributed by atoms with E-state index in [4.69, 9.17) is 5.26 Å². The van der Waals surface area contributed by atoms with Crippen molar-refractivity contribution in [3.05, 3.63) is 35.8 Å². The van der Waals surface area contributed by atoms with Crippen LogP contribution in [0.15, 0.2) is 24.5 Å². The molecule has 2 heterocycles. The number of amides is 1. The molecular weight excluding hydrogens is 228 g/mol. The summed E-state index contributed by atoms with van der Waals surface area (Å²) in [6.07, 6.45) is 3.92. The number of hydrogen-bond acceptors (Lipinski definition) is 3. The molecule has 0 saturated heterocycles. The summed E-state index contributed by atoms with van der Waals surface area (Å²) in [6, 6.07) is 5.40. The average Bonchev–Trinajstić information content (AvgIpc) is 2.72. The quantitative estimate of drug-likeness (QED) is 0.879. The highest BCUT2D eigenvalue weighted by atomic mass is 16.1. The van der Waals surface area contributed by atoms with E-state index in [1.165, 1.54) is 0 Å². The lowest BCUT2D eigenvalue weighted by Crippen LogP contribution is -2.32. The SMILES string of the molecule is Cc1cccn2cc(CC(=O)N[C@@H](C)C#N)nc12. The van der Waals surface area contributed by atoms with Crippen LogP contribution in [-0.2, 0) is 11.2 Å². The van der Waals surface area contributed by atoms with Gasteiger partial charge in [-0.2, -0.15) is 5.26 Å². The minimum Gasteiger partial charge on any atom is -0.340 e. The number of nitriles is 1. The molecule has 0 aromatic carbocycles. The fourth-order valence-electron chi connectivity index (χ4n) is 1.78. The molecule has 1 N–H and O–H groups in total. The summed E-state index contributed by atoms with van der Waals surface area (Å²) in [4.78, 5) is 16.0. The second-order valence-corrected chi connectivity index (χ2v) is 4.25.